The van der Waals surface area contributed by atoms with Crippen molar-refractivity contribution in [1.82, 2.24) is 20.9 Å². The number of hydrogen-bond acceptors (Lipinski definition) is 5. The molecule has 1 heterocycles. The molecule has 0 aromatic rings. The Bertz CT molecular complexity index is 573. The Morgan fingerprint density at radius 2 is 1.96 bits per heavy atom. The third-order valence-corrected chi connectivity index (χ3v) is 4.38. The molecule has 27 heavy (non-hydrogen) atoms. The number of nitrogens with zero attached hydrogens (tertiary/aromatic N) is 1. The molecule has 0 aromatic heterocycles. The third-order valence-electron chi connectivity index (χ3n) is 4.38. The van der Waals surface area contributed by atoms with E-state index >= 15 is 0 Å². The van der Waals surface area contributed by atoms with Gasteiger partial charge in [-0.15, -0.1) is 6.58 Å². The molecule has 0 bridgehead atoms. The molecule has 1 aliphatic heterocycles. The number of aliphatic hydroxyl groups excluding tert-OH is 1. The normalized spacial score (nSPS) is 19.0. The zero-order valence-electron chi connectivity index (χ0n) is 16.2. The van der Waals surface area contributed by atoms with E-state index in [1.807, 2.05) is 20.8 Å². The second kappa shape index (κ2) is 10.1. The van der Waals surface area contributed by atoms with Gasteiger partial charge in [0, 0.05) is 13.1 Å². The SMILES string of the molecule is C=CCNC(=O)C(O)CNC(=O)C1CCCN1C(=O)[C@@H](NC=O)C(C)(C)C. The van der Waals surface area contributed by atoms with Crippen LogP contribution in [0.25, 0.3) is 0 Å². The molecule has 152 valence electrons. The number of nitrogens with one attached hydrogen (secondary N) is 3. The van der Waals surface area contributed by atoms with Crippen LogP contribution in [0.15, 0.2) is 12.7 Å². The first kappa shape index (κ1) is 22.6. The van der Waals surface area contributed by atoms with E-state index in [9.17, 15) is 24.3 Å². The van der Waals surface area contributed by atoms with Crippen molar-refractivity contribution in [2.45, 2.75) is 51.8 Å². The van der Waals surface area contributed by atoms with Crippen LogP contribution in [0, 0.1) is 5.41 Å². The molecule has 1 rings (SSSR count). The lowest BCUT2D eigenvalue weighted by Crippen LogP contribution is -2.56. The maximum absolute atomic E-state index is 12.9. The Kier molecular flexibility index (Phi) is 8.42. The second-order valence-corrected chi connectivity index (χ2v) is 7.57. The fraction of sp³-hybridized carbons (Fsp3) is 0.667. The quantitative estimate of drug-likeness (QED) is 0.298. The van der Waals surface area contributed by atoms with E-state index in [0.29, 0.717) is 25.8 Å². The van der Waals surface area contributed by atoms with Crippen molar-refractivity contribution in [1.29, 1.82) is 0 Å². The number of likely N-dealkylation sites (tertiary alicyclic amines) is 1. The average Bonchev–Trinajstić information content (AvgIpc) is 3.10. The Morgan fingerprint density at radius 1 is 1.30 bits per heavy atom. The summed E-state index contributed by atoms with van der Waals surface area (Å²) in [5.74, 6) is -1.37. The minimum atomic E-state index is -1.39. The van der Waals surface area contributed by atoms with E-state index < -0.39 is 35.4 Å². The van der Waals surface area contributed by atoms with Gasteiger partial charge in [0.05, 0.1) is 6.54 Å². The van der Waals surface area contributed by atoms with Gasteiger partial charge in [0.15, 0.2) is 0 Å². The summed E-state index contributed by atoms with van der Waals surface area (Å²) in [7, 11) is 0. The first-order valence-corrected chi connectivity index (χ1v) is 8.98. The molecule has 4 N–H and O–H groups in total. The molecule has 0 aromatic carbocycles. The van der Waals surface area contributed by atoms with Gasteiger partial charge in [0.25, 0.3) is 5.91 Å². The maximum Gasteiger partial charge on any atom is 0.250 e. The Labute approximate surface area is 159 Å². The minimum absolute atomic E-state index is 0.215. The average molecular weight is 382 g/mol. The number of hydrogen-bond donors (Lipinski definition) is 4. The molecular formula is C18H30N4O5. The molecule has 9 nitrogen and oxygen atoms in total. The summed E-state index contributed by atoms with van der Waals surface area (Å²) < 4.78 is 0. The van der Waals surface area contributed by atoms with Crippen LogP contribution in [0.3, 0.4) is 0 Å². The Morgan fingerprint density at radius 3 is 2.52 bits per heavy atom. The van der Waals surface area contributed by atoms with Crippen LogP contribution < -0.4 is 16.0 Å². The predicted molar refractivity (Wildman–Crippen MR) is 99.4 cm³/mol. The van der Waals surface area contributed by atoms with Crippen LogP contribution in [0.1, 0.15) is 33.6 Å². The number of aliphatic hydroxyl groups is 1. The lowest BCUT2D eigenvalue weighted by molar-refractivity contribution is -0.143. The first-order valence-electron chi connectivity index (χ1n) is 8.98. The van der Waals surface area contributed by atoms with Gasteiger partial charge in [-0.2, -0.15) is 0 Å². The smallest absolute Gasteiger partial charge is 0.250 e. The van der Waals surface area contributed by atoms with E-state index in [1.54, 1.807) is 0 Å². The monoisotopic (exact) mass is 382 g/mol. The highest BCUT2D eigenvalue weighted by molar-refractivity contribution is 5.92. The minimum Gasteiger partial charge on any atom is -0.381 e. The molecule has 1 aliphatic rings. The maximum atomic E-state index is 12.9. The summed E-state index contributed by atoms with van der Waals surface area (Å²) in [5, 5.41) is 17.3. The van der Waals surface area contributed by atoms with Gasteiger partial charge in [0.1, 0.15) is 18.2 Å². The Balaban J connectivity index is 2.71. The van der Waals surface area contributed by atoms with Crippen LogP contribution in [-0.4, -0.2) is 72.0 Å². The second-order valence-electron chi connectivity index (χ2n) is 7.57. The predicted octanol–water partition coefficient (Wildman–Crippen LogP) is -1.08. The lowest BCUT2D eigenvalue weighted by Gasteiger charge is -2.34. The third kappa shape index (κ3) is 6.35. The van der Waals surface area contributed by atoms with Gasteiger partial charge < -0.3 is 26.0 Å². The van der Waals surface area contributed by atoms with E-state index in [1.165, 1.54) is 11.0 Å². The zero-order valence-corrected chi connectivity index (χ0v) is 16.2. The fourth-order valence-corrected chi connectivity index (χ4v) is 2.93. The van der Waals surface area contributed by atoms with E-state index in [-0.39, 0.29) is 19.0 Å². The molecule has 1 fully saturated rings. The summed E-state index contributed by atoms with van der Waals surface area (Å²) in [6, 6.07) is -1.45. The standard InChI is InChI=1S/C18H30N4O5/c1-5-8-19-16(26)13(24)10-20-15(25)12-7-6-9-22(12)17(27)14(21-11-23)18(2,3)4/h5,11-14,24H,1,6-10H2,2-4H3,(H,19,26)(H,20,25)(H,21,23)/t12?,13?,14-/m1/s1. The van der Waals surface area contributed by atoms with E-state index in [4.69, 9.17) is 0 Å². The Hall–Kier alpha value is -2.42. The molecular weight excluding hydrogens is 352 g/mol. The van der Waals surface area contributed by atoms with Gasteiger partial charge in [-0.25, -0.2) is 0 Å². The van der Waals surface area contributed by atoms with Gasteiger partial charge in [-0.3, -0.25) is 19.2 Å². The van der Waals surface area contributed by atoms with Crippen molar-refractivity contribution < 1.29 is 24.3 Å². The van der Waals surface area contributed by atoms with Gasteiger partial charge in [0.2, 0.25) is 18.2 Å². The summed E-state index contributed by atoms with van der Waals surface area (Å²) in [4.78, 5) is 49.3. The summed E-state index contributed by atoms with van der Waals surface area (Å²) >= 11 is 0. The molecule has 4 amide bonds. The van der Waals surface area contributed by atoms with Crippen molar-refractivity contribution in [2.75, 3.05) is 19.6 Å². The number of rotatable bonds is 9. The van der Waals surface area contributed by atoms with Crippen molar-refractivity contribution in [3.63, 3.8) is 0 Å². The van der Waals surface area contributed by atoms with Crippen LogP contribution >= 0.6 is 0 Å². The van der Waals surface area contributed by atoms with Gasteiger partial charge in [-0.1, -0.05) is 26.8 Å². The number of carbonyl (C=O) groups excluding carboxylic acids is 4. The van der Waals surface area contributed by atoms with Crippen LogP contribution in [0.2, 0.25) is 0 Å². The molecule has 0 radical (unpaired) electrons. The number of amides is 4. The first-order chi connectivity index (χ1) is 12.6. The number of carbonyl (C=O) groups is 4. The van der Waals surface area contributed by atoms with Gasteiger partial charge in [-0.05, 0) is 18.3 Å². The van der Waals surface area contributed by atoms with Crippen LogP contribution in [0.5, 0.6) is 0 Å². The topological polar surface area (TPSA) is 128 Å². The molecule has 1 saturated heterocycles. The fourth-order valence-electron chi connectivity index (χ4n) is 2.93. The highest BCUT2D eigenvalue weighted by atomic mass is 16.3. The van der Waals surface area contributed by atoms with Gasteiger partial charge >= 0.3 is 0 Å². The van der Waals surface area contributed by atoms with E-state index in [2.05, 4.69) is 22.5 Å². The molecule has 0 saturated carbocycles. The van der Waals surface area contributed by atoms with Crippen molar-refractivity contribution in [3.05, 3.63) is 12.7 Å². The van der Waals surface area contributed by atoms with Crippen LogP contribution in [-0.2, 0) is 19.2 Å². The highest BCUT2D eigenvalue weighted by Gasteiger charge is 2.41. The molecule has 9 heteroatoms. The van der Waals surface area contributed by atoms with E-state index in [0.717, 1.165) is 0 Å². The molecule has 3 atom stereocenters. The summed E-state index contributed by atoms with van der Waals surface area (Å²) in [6.45, 7) is 9.31. The summed E-state index contributed by atoms with van der Waals surface area (Å²) in [6.07, 6.45) is 1.71. The summed E-state index contributed by atoms with van der Waals surface area (Å²) in [5.41, 5.74) is -0.513. The van der Waals surface area contributed by atoms with Crippen molar-refractivity contribution >= 4 is 24.1 Å². The van der Waals surface area contributed by atoms with Crippen molar-refractivity contribution in [2.24, 2.45) is 5.41 Å². The van der Waals surface area contributed by atoms with Crippen LogP contribution in [0.4, 0.5) is 0 Å². The molecule has 0 aliphatic carbocycles. The highest BCUT2D eigenvalue weighted by Crippen LogP contribution is 2.25. The largest absolute Gasteiger partial charge is 0.381 e. The molecule has 0 spiro atoms. The lowest BCUT2D eigenvalue weighted by atomic mass is 9.85. The zero-order chi connectivity index (χ0) is 20.6. The molecule has 2 unspecified atom stereocenters. The van der Waals surface area contributed by atoms with Crippen molar-refractivity contribution in [3.8, 4) is 0 Å².